The molecule has 0 bridgehead atoms. The number of nitrogens with one attached hydrogen (secondary N) is 1. The van der Waals surface area contributed by atoms with E-state index in [0.29, 0.717) is 29.9 Å². The number of fused-ring (bicyclic) bond motifs is 2. The number of H-pyrrole nitrogens is 1. The molecule has 1 aliphatic heterocycles. The molecule has 0 radical (unpaired) electrons. The fourth-order valence-corrected chi connectivity index (χ4v) is 1.91. The molecule has 88 valence electrons. The number of rotatable bonds is 1. The number of aromatic amines is 1. The fourth-order valence-electron chi connectivity index (χ4n) is 1.91. The lowest BCUT2D eigenvalue weighted by atomic mass is 10.1. The van der Waals surface area contributed by atoms with Crippen LogP contribution < -0.4 is 5.56 Å². The highest BCUT2D eigenvalue weighted by Crippen LogP contribution is 2.12. The third-order valence-electron chi connectivity index (χ3n) is 2.75. The van der Waals surface area contributed by atoms with Crippen molar-refractivity contribution >= 4 is 11.6 Å². The number of aromatic nitrogens is 3. The van der Waals surface area contributed by atoms with Crippen LogP contribution in [0.4, 0.5) is 0 Å². The van der Waals surface area contributed by atoms with Crippen LogP contribution in [-0.2, 0) is 17.8 Å². The molecule has 3 heterocycles. The van der Waals surface area contributed by atoms with Crippen LogP contribution in [0.3, 0.4) is 0 Å². The Morgan fingerprint density at radius 2 is 2.41 bits per heavy atom. The Morgan fingerprint density at radius 3 is 3.18 bits per heavy atom. The maximum absolute atomic E-state index is 12.0. The van der Waals surface area contributed by atoms with E-state index >= 15 is 0 Å². The number of carbonyl (C=O) groups is 1. The van der Waals surface area contributed by atoms with E-state index in [0.717, 1.165) is 4.52 Å². The zero-order chi connectivity index (χ0) is 12.0. The van der Waals surface area contributed by atoms with Crippen molar-refractivity contribution in [2.24, 2.45) is 0 Å². The summed E-state index contributed by atoms with van der Waals surface area (Å²) in [5.74, 6) is -1.12. The molecule has 0 aromatic carbocycles. The van der Waals surface area contributed by atoms with Gasteiger partial charge < -0.3 is 9.84 Å². The highest BCUT2D eigenvalue weighted by atomic mass is 16.5. The van der Waals surface area contributed by atoms with E-state index in [4.69, 9.17) is 9.84 Å². The van der Waals surface area contributed by atoms with Gasteiger partial charge in [0.05, 0.1) is 24.5 Å². The van der Waals surface area contributed by atoms with Gasteiger partial charge in [-0.3, -0.25) is 9.89 Å². The van der Waals surface area contributed by atoms with Crippen LogP contribution in [0, 0.1) is 0 Å². The molecule has 2 N–H and O–H groups in total. The van der Waals surface area contributed by atoms with E-state index in [2.05, 4.69) is 10.1 Å². The van der Waals surface area contributed by atoms with Crippen molar-refractivity contribution in [3.63, 3.8) is 0 Å². The lowest BCUT2D eigenvalue weighted by Gasteiger charge is -2.14. The monoisotopic (exact) mass is 235 g/mol. The summed E-state index contributed by atoms with van der Waals surface area (Å²) in [6.07, 6.45) is 0.578. The minimum absolute atomic E-state index is 0.0575. The van der Waals surface area contributed by atoms with Gasteiger partial charge in [-0.25, -0.2) is 14.3 Å². The van der Waals surface area contributed by atoms with Crippen molar-refractivity contribution in [1.29, 1.82) is 0 Å². The van der Waals surface area contributed by atoms with Gasteiger partial charge in [0, 0.05) is 12.5 Å². The largest absolute Gasteiger partial charge is 0.477 e. The third-order valence-corrected chi connectivity index (χ3v) is 2.75. The van der Waals surface area contributed by atoms with Crippen LogP contribution in [0.2, 0.25) is 0 Å². The molecule has 0 aliphatic carbocycles. The fraction of sp³-hybridized carbons (Fsp3) is 0.300. The summed E-state index contributed by atoms with van der Waals surface area (Å²) in [5.41, 5.74) is 1.16. The standard InChI is InChI=1S/C10H9N3O4/c14-9-5-4-17-2-1-6(5)11-8-3-7(10(15)16)12-13(8)9/h3,12H,1-2,4H2,(H,15,16). The lowest BCUT2D eigenvalue weighted by Crippen LogP contribution is -2.27. The predicted molar refractivity (Wildman–Crippen MR) is 56.1 cm³/mol. The third kappa shape index (κ3) is 1.43. The molecule has 7 heteroatoms. The first-order valence-corrected chi connectivity index (χ1v) is 5.11. The quantitative estimate of drug-likeness (QED) is 0.713. The van der Waals surface area contributed by atoms with E-state index in [1.807, 2.05) is 0 Å². The Bertz CT molecular complexity index is 670. The van der Waals surface area contributed by atoms with Gasteiger partial charge in [-0.15, -0.1) is 0 Å². The molecule has 2 aromatic rings. The molecule has 0 saturated heterocycles. The average molecular weight is 235 g/mol. The van der Waals surface area contributed by atoms with E-state index in [-0.39, 0.29) is 17.9 Å². The molecule has 7 nitrogen and oxygen atoms in total. The molecular weight excluding hydrogens is 226 g/mol. The number of hydrogen-bond donors (Lipinski definition) is 2. The molecule has 1 aliphatic rings. The maximum atomic E-state index is 12.0. The summed E-state index contributed by atoms with van der Waals surface area (Å²) >= 11 is 0. The van der Waals surface area contributed by atoms with E-state index in [1.165, 1.54) is 6.07 Å². The molecule has 0 atom stereocenters. The van der Waals surface area contributed by atoms with Gasteiger partial charge in [-0.05, 0) is 0 Å². The van der Waals surface area contributed by atoms with Crippen molar-refractivity contribution in [2.75, 3.05) is 6.61 Å². The summed E-state index contributed by atoms with van der Waals surface area (Å²) < 4.78 is 6.33. The number of carboxylic acid groups (broad SMARTS) is 1. The van der Waals surface area contributed by atoms with Crippen molar-refractivity contribution in [3.05, 3.63) is 33.4 Å². The van der Waals surface area contributed by atoms with Crippen LogP contribution in [0.5, 0.6) is 0 Å². The van der Waals surface area contributed by atoms with Crippen LogP contribution in [-0.4, -0.2) is 32.3 Å². The van der Waals surface area contributed by atoms with E-state index in [1.54, 1.807) is 0 Å². The first-order valence-electron chi connectivity index (χ1n) is 5.11. The first-order chi connectivity index (χ1) is 8.16. The summed E-state index contributed by atoms with van der Waals surface area (Å²) in [6.45, 7) is 0.761. The highest BCUT2D eigenvalue weighted by Gasteiger charge is 2.19. The van der Waals surface area contributed by atoms with Crippen LogP contribution in [0.15, 0.2) is 10.9 Å². The molecule has 2 aromatic heterocycles. The second kappa shape index (κ2) is 3.42. The maximum Gasteiger partial charge on any atom is 0.353 e. The number of ether oxygens (including phenoxy) is 1. The SMILES string of the molecule is O=C(O)c1cc2nc3c(c(=O)n2[nH]1)COCC3. The summed E-state index contributed by atoms with van der Waals surface area (Å²) in [7, 11) is 0. The van der Waals surface area contributed by atoms with Gasteiger partial charge in [0.25, 0.3) is 5.56 Å². The molecular formula is C10H9N3O4. The zero-order valence-electron chi connectivity index (χ0n) is 8.77. The Kier molecular flexibility index (Phi) is 2.02. The van der Waals surface area contributed by atoms with E-state index < -0.39 is 5.97 Å². The predicted octanol–water partition coefficient (Wildman–Crippen LogP) is -0.207. The molecule has 0 saturated carbocycles. The first kappa shape index (κ1) is 10.0. The number of hydrogen-bond acceptors (Lipinski definition) is 4. The van der Waals surface area contributed by atoms with Crippen molar-refractivity contribution in [2.45, 2.75) is 13.0 Å². The van der Waals surface area contributed by atoms with Crippen molar-refractivity contribution in [1.82, 2.24) is 14.6 Å². The second-order valence-electron chi connectivity index (χ2n) is 3.81. The van der Waals surface area contributed by atoms with Crippen molar-refractivity contribution in [3.8, 4) is 0 Å². The van der Waals surface area contributed by atoms with Gasteiger partial charge in [0.15, 0.2) is 5.65 Å². The van der Waals surface area contributed by atoms with E-state index in [9.17, 15) is 9.59 Å². The van der Waals surface area contributed by atoms with Crippen molar-refractivity contribution < 1.29 is 14.6 Å². The van der Waals surface area contributed by atoms with Crippen LogP contribution in [0.1, 0.15) is 21.7 Å². The molecule has 0 amide bonds. The minimum atomic E-state index is -1.12. The summed E-state index contributed by atoms with van der Waals surface area (Å²) in [5, 5.41) is 11.3. The number of aromatic carboxylic acids is 1. The smallest absolute Gasteiger partial charge is 0.353 e. The van der Waals surface area contributed by atoms with Crippen LogP contribution >= 0.6 is 0 Å². The number of nitrogens with zero attached hydrogens (tertiary/aromatic N) is 2. The normalized spacial score (nSPS) is 14.8. The van der Waals surface area contributed by atoms with Gasteiger partial charge in [-0.2, -0.15) is 0 Å². The molecule has 0 spiro atoms. The second-order valence-corrected chi connectivity index (χ2v) is 3.81. The zero-order valence-corrected chi connectivity index (χ0v) is 8.77. The Morgan fingerprint density at radius 1 is 1.59 bits per heavy atom. The average Bonchev–Trinajstić information content (AvgIpc) is 2.74. The topological polar surface area (TPSA) is 96.7 Å². The minimum Gasteiger partial charge on any atom is -0.477 e. The molecule has 0 unspecified atom stereocenters. The summed E-state index contributed by atoms with van der Waals surface area (Å²) in [6, 6.07) is 1.35. The molecule has 17 heavy (non-hydrogen) atoms. The number of carboxylic acids is 1. The Balaban J connectivity index is 2.33. The Labute approximate surface area is 94.6 Å². The highest BCUT2D eigenvalue weighted by molar-refractivity contribution is 5.86. The molecule has 0 fully saturated rings. The molecule has 3 rings (SSSR count). The van der Waals surface area contributed by atoms with Gasteiger partial charge >= 0.3 is 5.97 Å². The van der Waals surface area contributed by atoms with Gasteiger partial charge in [-0.1, -0.05) is 0 Å². The summed E-state index contributed by atoms with van der Waals surface area (Å²) in [4.78, 5) is 27.1. The van der Waals surface area contributed by atoms with Gasteiger partial charge in [0.2, 0.25) is 0 Å². The Hall–Kier alpha value is -2.15. The lowest BCUT2D eigenvalue weighted by molar-refractivity contribution is 0.0690. The van der Waals surface area contributed by atoms with Crippen LogP contribution in [0.25, 0.3) is 5.65 Å². The van der Waals surface area contributed by atoms with Gasteiger partial charge in [0.1, 0.15) is 5.69 Å².